The minimum absolute atomic E-state index is 0.0284. The number of aromatic amines is 1. The third-order valence-electron chi connectivity index (χ3n) is 5.93. The smallest absolute Gasteiger partial charge is 0.413 e. The second kappa shape index (κ2) is 16.8. The van der Waals surface area contributed by atoms with E-state index in [1.807, 2.05) is 24.3 Å². The van der Waals surface area contributed by atoms with Crippen molar-refractivity contribution >= 4 is 33.2 Å². The molecule has 3 N–H and O–H groups in total. The van der Waals surface area contributed by atoms with Gasteiger partial charge in [-0.25, -0.2) is 9.78 Å². The summed E-state index contributed by atoms with van der Waals surface area (Å²) in [6, 6.07) is 14.1. The number of hydrogen-bond donors (Lipinski definition) is 3. The van der Waals surface area contributed by atoms with Crippen molar-refractivity contribution in [3.63, 3.8) is 0 Å². The van der Waals surface area contributed by atoms with Crippen LogP contribution >= 0.6 is 0 Å². The summed E-state index contributed by atoms with van der Waals surface area (Å²) in [6.07, 6.45) is 13.6. The van der Waals surface area contributed by atoms with E-state index in [-0.39, 0.29) is 4.90 Å². The van der Waals surface area contributed by atoms with Crippen molar-refractivity contribution in [1.82, 2.24) is 9.97 Å². The molecule has 1 heterocycles. The Labute approximate surface area is 221 Å². The zero-order chi connectivity index (χ0) is 26.9. The highest BCUT2D eigenvalue weighted by molar-refractivity contribution is 7.85. The molecule has 0 spiro atoms. The maximum absolute atomic E-state index is 11.1. The van der Waals surface area contributed by atoms with Crippen LogP contribution in [-0.2, 0) is 21.3 Å². The van der Waals surface area contributed by atoms with Gasteiger partial charge in [0.2, 0.25) is 5.95 Å². The van der Waals surface area contributed by atoms with Gasteiger partial charge in [-0.15, -0.1) is 0 Å². The number of ether oxygens (including phenoxy) is 1. The van der Waals surface area contributed by atoms with Crippen LogP contribution in [0.2, 0.25) is 0 Å². The quantitative estimate of drug-likeness (QED) is 0.146. The third kappa shape index (κ3) is 12.3. The number of hydrogen-bond acceptors (Lipinski definition) is 5. The number of unbranched alkanes of at least 4 members (excludes halogenated alkanes) is 9. The SMILES string of the molecule is CCCCCCCCCCCCc1ccc(S(=O)(=O)O)cc1.CCOC(=O)Nc1nc2ccccc2[nH]1. The van der Waals surface area contributed by atoms with Crippen molar-refractivity contribution in [1.29, 1.82) is 0 Å². The molecular weight excluding hydrogens is 490 g/mol. The van der Waals surface area contributed by atoms with Gasteiger partial charge in [0, 0.05) is 0 Å². The van der Waals surface area contributed by atoms with Crippen molar-refractivity contribution < 1.29 is 22.5 Å². The Hall–Kier alpha value is -2.91. The number of amides is 1. The molecular formula is C28H41N3O5S. The average molecular weight is 532 g/mol. The molecule has 0 atom stereocenters. The number of para-hydroxylation sites is 2. The molecule has 0 saturated carbocycles. The van der Waals surface area contributed by atoms with Gasteiger partial charge < -0.3 is 9.72 Å². The molecule has 37 heavy (non-hydrogen) atoms. The van der Waals surface area contributed by atoms with Gasteiger partial charge in [0.1, 0.15) is 0 Å². The minimum atomic E-state index is -4.06. The highest BCUT2D eigenvalue weighted by atomic mass is 32.2. The molecule has 0 aliphatic carbocycles. The molecule has 1 amide bonds. The summed E-state index contributed by atoms with van der Waals surface area (Å²) in [5.41, 5.74) is 2.82. The van der Waals surface area contributed by atoms with Crippen LogP contribution in [0.1, 0.15) is 83.6 Å². The predicted octanol–water partition coefficient (Wildman–Crippen LogP) is 7.53. The number of carbonyl (C=O) groups excluding carboxylic acids is 1. The van der Waals surface area contributed by atoms with Crippen molar-refractivity contribution in [2.75, 3.05) is 11.9 Å². The fraction of sp³-hybridized carbons (Fsp3) is 0.500. The lowest BCUT2D eigenvalue weighted by Crippen LogP contribution is -2.14. The Morgan fingerprint density at radius 2 is 1.49 bits per heavy atom. The van der Waals surface area contributed by atoms with Crippen molar-refractivity contribution in [2.24, 2.45) is 0 Å². The van der Waals surface area contributed by atoms with E-state index in [0.29, 0.717) is 12.6 Å². The Kier molecular flexibility index (Phi) is 13.7. The van der Waals surface area contributed by atoms with Crippen LogP contribution in [0.15, 0.2) is 53.4 Å². The van der Waals surface area contributed by atoms with Gasteiger partial charge >= 0.3 is 6.09 Å². The van der Waals surface area contributed by atoms with E-state index in [4.69, 9.17) is 9.29 Å². The number of fused-ring (bicyclic) bond motifs is 1. The van der Waals surface area contributed by atoms with Gasteiger partial charge in [0.05, 0.1) is 22.5 Å². The molecule has 0 fully saturated rings. The lowest BCUT2D eigenvalue weighted by atomic mass is 10.0. The largest absolute Gasteiger partial charge is 0.450 e. The summed E-state index contributed by atoms with van der Waals surface area (Å²) in [5.74, 6) is 0.398. The zero-order valence-electron chi connectivity index (χ0n) is 22.0. The van der Waals surface area contributed by atoms with Gasteiger partial charge in [0.25, 0.3) is 10.1 Å². The summed E-state index contributed by atoms with van der Waals surface area (Å²) in [4.78, 5) is 18.2. The molecule has 0 saturated heterocycles. The Bertz CT molecular complexity index is 1130. The van der Waals surface area contributed by atoms with E-state index in [0.717, 1.165) is 29.4 Å². The van der Waals surface area contributed by atoms with Gasteiger partial charge in [-0.3, -0.25) is 9.87 Å². The predicted molar refractivity (Wildman–Crippen MR) is 149 cm³/mol. The molecule has 0 aliphatic heterocycles. The fourth-order valence-corrected chi connectivity index (χ4v) is 4.40. The maximum atomic E-state index is 11.1. The number of benzene rings is 2. The Morgan fingerprint density at radius 1 is 0.892 bits per heavy atom. The van der Waals surface area contributed by atoms with E-state index in [9.17, 15) is 13.2 Å². The van der Waals surface area contributed by atoms with E-state index in [1.54, 1.807) is 19.1 Å². The summed E-state index contributed by atoms with van der Waals surface area (Å²) in [5, 5.41) is 2.50. The monoisotopic (exact) mass is 531 g/mol. The zero-order valence-corrected chi connectivity index (χ0v) is 22.9. The van der Waals surface area contributed by atoms with Crippen molar-refractivity contribution in [3.05, 3.63) is 54.1 Å². The third-order valence-corrected chi connectivity index (χ3v) is 6.79. The molecule has 0 unspecified atom stereocenters. The van der Waals surface area contributed by atoms with Crippen LogP contribution in [0.5, 0.6) is 0 Å². The Balaban J connectivity index is 0.000000278. The number of aryl methyl sites for hydroxylation is 1. The van der Waals surface area contributed by atoms with Gasteiger partial charge in [0.15, 0.2) is 0 Å². The molecule has 3 rings (SSSR count). The highest BCUT2D eigenvalue weighted by Crippen LogP contribution is 2.15. The topological polar surface area (TPSA) is 121 Å². The number of H-pyrrole nitrogens is 1. The van der Waals surface area contributed by atoms with Crippen molar-refractivity contribution in [3.8, 4) is 0 Å². The van der Waals surface area contributed by atoms with Crippen LogP contribution in [0.3, 0.4) is 0 Å². The standard InChI is InChI=1S/C18H30O3S.C10H11N3O2/c1-2-3-4-5-6-7-8-9-10-11-12-17-13-15-18(16-14-17)22(19,20)21;1-2-15-10(14)13-9-11-7-5-3-4-6-8(7)12-9/h13-16H,2-12H2,1H3,(H,19,20,21);3-6H,2H2,1H3,(H2,11,12,13,14). The lowest BCUT2D eigenvalue weighted by Gasteiger charge is -2.04. The first-order valence-corrected chi connectivity index (χ1v) is 14.7. The molecule has 204 valence electrons. The minimum Gasteiger partial charge on any atom is -0.450 e. The van der Waals surface area contributed by atoms with Gasteiger partial charge in [-0.1, -0.05) is 89.0 Å². The molecule has 0 bridgehead atoms. The number of nitrogens with zero attached hydrogens (tertiary/aromatic N) is 1. The first kappa shape index (κ1) is 30.3. The summed E-state index contributed by atoms with van der Waals surface area (Å²) < 4.78 is 35.5. The normalized spacial score (nSPS) is 11.1. The van der Waals surface area contributed by atoms with E-state index < -0.39 is 16.2 Å². The van der Waals surface area contributed by atoms with E-state index in [1.165, 1.54) is 69.9 Å². The van der Waals surface area contributed by atoms with Crippen LogP contribution in [-0.4, -0.2) is 35.6 Å². The molecule has 0 aliphatic rings. The molecule has 9 heteroatoms. The van der Waals surface area contributed by atoms with Gasteiger partial charge in [-0.05, 0) is 49.6 Å². The summed E-state index contributed by atoms with van der Waals surface area (Å²) in [7, 11) is -4.06. The van der Waals surface area contributed by atoms with E-state index >= 15 is 0 Å². The average Bonchev–Trinajstić information content (AvgIpc) is 3.27. The molecule has 8 nitrogen and oxygen atoms in total. The summed E-state index contributed by atoms with van der Waals surface area (Å²) >= 11 is 0. The first-order chi connectivity index (χ1) is 17.8. The van der Waals surface area contributed by atoms with Crippen LogP contribution in [0, 0.1) is 0 Å². The number of imidazole rings is 1. The highest BCUT2D eigenvalue weighted by Gasteiger charge is 2.08. The molecule has 3 aromatic rings. The first-order valence-electron chi connectivity index (χ1n) is 13.3. The van der Waals surface area contributed by atoms with Gasteiger partial charge in [-0.2, -0.15) is 8.42 Å². The van der Waals surface area contributed by atoms with E-state index in [2.05, 4.69) is 22.2 Å². The Morgan fingerprint density at radius 3 is 2.05 bits per heavy atom. The number of rotatable bonds is 14. The second-order valence-electron chi connectivity index (χ2n) is 9.00. The number of aromatic nitrogens is 2. The molecule has 0 radical (unpaired) electrons. The number of carbonyl (C=O) groups is 1. The fourth-order valence-electron chi connectivity index (χ4n) is 3.92. The molecule has 2 aromatic carbocycles. The lowest BCUT2D eigenvalue weighted by molar-refractivity contribution is 0.167. The van der Waals surface area contributed by atoms with Crippen LogP contribution in [0.25, 0.3) is 11.0 Å². The number of nitrogens with one attached hydrogen (secondary N) is 2. The van der Waals surface area contributed by atoms with Crippen molar-refractivity contribution in [2.45, 2.75) is 89.4 Å². The van der Waals surface area contributed by atoms with Crippen LogP contribution in [0.4, 0.5) is 10.7 Å². The molecule has 1 aromatic heterocycles. The maximum Gasteiger partial charge on any atom is 0.413 e. The van der Waals surface area contributed by atoms with Crippen LogP contribution < -0.4 is 5.32 Å². The summed E-state index contributed by atoms with van der Waals surface area (Å²) in [6.45, 7) is 4.33. The second-order valence-corrected chi connectivity index (χ2v) is 10.4. The number of anilines is 1.